The maximum atomic E-state index is 11.6. The molecule has 1 atom stereocenters. The highest BCUT2D eigenvalue weighted by atomic mass is 16.6. The van der Waals surface area contributed by atoms with E-state index >= 15 is 0 Å². The monoisotopic (exact) mass is 314 g/mol. The third-order valence-corrected chi connectivity index (χ3v) is 3.26. The Morgan fingerprint density at radius 1 is 1.43 bits per heavy atom. The molecule has 0 saturated heterocycles. The second-order valence-corrected chi connectivity index (χ2v) is 5.07. The summed E-state index contributed by atoms with van der Waals surface area (Å²) in [7, 11) is 0. The fourth-order valence-electron chi connectivity index (χ4n) is 2.23. The van der Waals surface area contributed by atoms with Crippen molar-refractivity contribution in [3.8, 4) is 11.5 Å². The highest BCUT2D eigenvalue weighted by Crippen LogP contribution is 2.31. The number of aromatic nitrogens is 2. The molecule has 0 fully saturated rings. The SMILES string of the molecule is C=CCNC(=O)Nc1cnn(CC2COc3ccccc3O2)c1. The third-order valence-electron chi connectivity index (χ3n) is 3.26. The molecule has 2 N–H and O–H groups in total. The van der Waals surface area contributed by atoms with Gasteiger partial charge in [0.05, 0.1) is 18.4 Å². The van der Waals surface area contributed by atoms with Gasteiger partial charge in [-0.05, 0) is 12.1 Å². The van der Waals surface area contributed by atoms with Crippen molar-refractivity contribution in [2.45, 2.75) is 12.6 Å². The average molecular weight is 314 g/mol. The number of nitrogens with one attached hydrogen (secondary N) is 2. The van der Waals surface area contributed by atoms with Crippen molar-refractivity contribution in [2.75, 3.05) is 18.5 Å². The van der Waals surface area contributed by atoms with Gasteiger partial charge in [0.15, 0.2) is 17.6 Å². The Kier molecular flexibility index (Phi) is 4.46. The summed E-state index contributed by atoms with van der Waals surface area (Å²) < 4.78 is 13.3. The summed E-state index contributed by atoms with van der Waals surface area (Å²) in [4.78, 5) is 11.6. The summed E-state index contributed by atoms with van der Waals surface area (Å²) in [6.07, 6.45) is 4.82. The lowest BCUT2D eigenvalue weighted by molar-refractivity contribution is 0.0759. The average Bonchev–Trinajstić information content (AvgIpc) is 2.99. The molecule has 120 valence electrons. The summed E-state index contributed by atoms with van der Waals surface area (Å²) in [6.45, 7) is 4.94. The fraction of sp³-hybridized carbons (Fsp3) is 0.250. The molecule has 3 rings (SSSR count). The van der Waals surface area contributed by atoms with Crippen molar-refractivity contribution in [3.05, 3.63) is 49.3 Å². The Balaban J connectivity index is 1.55. The first-order chi connectivity index (χ1) is 11.2. The molecular weight excluding hydrogens is 296 g/mol. The van der Waals surface area contributed by atoms with Crippen LogP contribution in [0.4, 0.5) is 10.5 Å². The van der Waals surface area contributed by atoms with Gasteiger partial charge in [-0.25, -0.2) is 4.79 Å². The predicted octanol–water partition coefficient (Wildman–Crippen LogP) is 2.03. The van der Waals surface area contributed by atoms with Gasteiger partial charge in [-0.15, -0.1) is 6.58 Å². The van der Waals surface area contributed by atoms with E-state index in [-0.39, 0.29) is 12.1 Å². The molecule has 1 aromatic heterocycles. The minimum atomic E-state index is -0.296. The molecule has 1 aromatic carbocycles. The highest BCUT2D eigenvalue weighted by molar-refractivity contribution is 5.88. The Morgan fingerprint density at radius 3 is 3.09 bits per heavy atom. The molecule has 0 saturated carbocycles. The second kappa shape index (κ2) is 6.87. The van der Waals surface area contributed by atoms with Gasteiger partial charge in [-0.1, -0.05) is 18.2 Å². The first-order valence-corrected chi connectivity index (χ1v) is 7.31. The van der Waals surface area contributed by atoms with Crippen LogP contribution >= 0.6 is 0 Å². The van der Waals surface area contributed by atoms with Gasteiger partial charge in [0, 0.05) is 12.7 Å². The number of nitrogens with zero attached hydrogens (tertiary/aromatic N) is 2. The number of ether oxygens (including phenoxy) is 2. The lowest BCUT2D eigenvalue weighted by Crippen LogP contribution is -2.33. The Hall–Kier alpha value is -2.96. The molecular formula is C16H18N4O3. The molecule has 0 radical (unpaired) electrons. The maximum absolute atomic E-state index is 11.6. The van der Waals surface area contributed by atoms with Crippen molar-refractivity contribution in [3.63, 3.8) is 0 Å². The first-order valence-electron chi connectivity index (χ1n) is 7.31. The first kappa shape index (κ1) is 15.0. The van der Waals surface area contributed by atoms with Crippen LogP contribution in [0.15, 0.2) is 49.3 Å². The number of benzene rings is 1. The zero-order chi connectivity index (χ0) is 16.1. The summed E-state index contributed by atoms with van der Waals surface area (Å²) in [5, 5.41) is 9.55. The third kappa shape index (κ3) is 3.82. The quantitative estimate of drug-likeness (QED) is 0.828. The maximum Gasteiger partial charge on any atom is 0.319 e. The molecule has 0 bridgehead atoms. The van der Waals surface area contributed by atoms with Crippen molar-refractivity contribution < 1.29 is 14.3 Å². The van der Waals surface area contributed by atoms with E-state index in [0.29, 0.717) is 25.4 Å². The summed E-state index contributed by atoms with van der Waals surface area (Å²) in [5.41, 5.74) is 0.615. The number of fused-ring (bicyclic) bond motifs is 1. The van der Waals surface area contributed by atoms with E-state index in [1.54, 1.807) is 23.2 Å². The zero-order valence-electron chi connectivity index (χ0n) is 12.6. The molecule has 0 aliphatic carbocycles. The largest absolute Gasteiger partial charge is 0.486 e. The van der Waals surface area contributed by atoms with Gasteiger partial charge in [0.2, 0.25) is 0 Å². The number of carbonyl (C=O) groups is 1. The van der Waals surface area contributed by atoms with Crippen LogP contribution < -0.4 is 20.1 Å². The number of hydrogen-bond donors (Lipinski definition) is 2. The standard InChI is InChI=1S/C16H18N4O3/c1-2-7-17-16(21)19-12-8-18-20(9-12)10-13-11-22-14-5-3-4-6-15(14)23-13/h2-6,8-9,13H,1,7,10-11H2,(H2,17,19,21). The normalized spacial score (nSPS) is 15.7. The molecule has 2 amide bonds. The van der Waals surface area contributed by atoms with Crippen LogP contribution in [0.5, 0.6) is 11.5 Å². The van der Waals surface area contributed by atoms with E-state index in [9.17, 15) is 4.79 Å². The highest BCUT2D eigenvalue weighted by Gasteiger charge is 2.21. The minimum absolute atomic E-state index is 0.132. The summed E-state index contributed by atoms with van der Waals surface area (Å²) >= 11 is 0. The molecule has 1 aliphatic heterocycles. The van der Waals surface area contributed by atoms with Crippen LogP contribution in [0.2, 0.25) is 0 Å². The Morgan fingerprint density at radius 2 is 2.26 bits per heavy atom. The van der Waals surface area contributed by atoms with Gasteiger partial charge < -0.3 is 20.1 Å². The molecule has 1 unspecified atom stereocenters. The van der Waals surface area contributed by atoms with Gasteiger partial charge in [0.25, 0.3) is 0 Å². The smallest absolute Gasteiger partial charge is 0.319 e. The lowest BCUT2D eigenvalue weighted by atomic mass is 10.2. The van der Waals surface area contributed by atoms with Crippen LogP contribution in [-0.2, 0) is 6.54 Å². The lowest BCUT2D eigenvalue weighted by Gasteiger charge is -2.26. The Labute approximate surface area is 133 Å². The molecule has 1 aliphatic rings. The van der Waals surface area contributed by atoms with E-state index in [2.05, 4.69) is 22.3 Å². The number of para-hydroxylation sites is 2. The van der Waals surface area contributed by atoms with Crippen molar-refractivity contribution in [1.29, 1.82) is 0 Å². The zero-order valence-corrected chi connectivity index (χ0v) is 12.6. The van der Waals surface area contributed by atoms with Gasteiger partial charge in [-0.2, -0.15) is 5.10 Å². The van der Waals surface area contributed by atoms with Crippen LogP contribution in [-0.4, -0.2) is 35.1 Å². The molecule has 7 nitrogen and oxygen atoms in total. The van der Waals surface area contributed by atoms with Crippen LogP contribution in [0, 0.1) is 0 Å². The van der Waals surface area contributed by atoms with Gasteiger partial charge >= 0.3 is 6.03 Å². The van der Waals surface area contributed by atoms with E-state index in [1.807, 2.05) is 24.3 Å². The molecule has 7 heteroatoms. The summed E-state index contributed by atoms with van der Waals surface area (Å²) in [6, 6.07) is 7.27. The number of amides is 2. The summed E-state index contributed by atoms with van der Waals surface area (Å²) in [5.74, 6) is 1.49. The minimum Gasteiger partial charge on any atom is -0.486 e. The van der Waals surface area contributed by atoms with Gasteiger partial charge in [-0.3, -0.25) is 4.68 Å². The van der Waals surface area contributed by atoms with Crippen LogP contribution in [0.1, 0.15) is 0 Å². The fourth-order valence-corrected chi connectivity index (χ4v) is 2.23. The molecule has 2 heterocycles. The van der Waals surface area contributed by atoms with Crippen molar-refractivity contribution in [2.24, 2.45) is 0 Å². The number of carbonyl (C=O) groups excluding carboxylic acids is 1. The Bertz CT molecular complexity index is 698. The number of hydrogen-bond acceptors (Lipinski definition) is 4. The van der Waals surface area contributed by atoms with E-state index < -0.39 is 0 Å². The molecule has 0 spiro atoms. The van der Waals surface area contributed by atoms with E-state index in [1.165, 1.54) is 0 Å². The van der Waals surface area contributed by atoms with Gasteiger partial charge in [0.1, 0.15) is 6.61 Å². The number of anilines is 1. The van der Waals surface area contributed by atoms with Crippen molar-refractivity contribution >= 4 is 11.7 Å². The number of rotatable bonds is 5. The number of urea groups is 1. The second-order valence-electron chi connectivity index (χ2n) is 5.07. The van der Waals surface area contributed by atoms with Crippen molar-refractivity contribution in [1.82, 2.24) is 15.1 Å². The molecule has 23 heavy (non-hydrogen) atoms. The topological polar surface area (TPSA) is 77.4 Å². The predicted molar refractivity (Wildman–Crippen MR) is 85.8 cm³/mol. The van der Waals surface area contributed by atoms with Crippen LogP contribution in [0.3, 0.4) is 0 Å². The van der Waals surface area contributed by atoms with E-state index in [4.69, 9.17) is 9.47 Å². The molecule has 2 aromatic rings. The van der Waals surface area contributed by atoms with E-state index in [0.717, 1.165) is 11.5 Å². The van der Waals surface area contributed by atoms with Crippen LogP contribution in [0.25, 0.3) is 0 Å².